The van der Waals surface area contributed by atoms with E-state index in [-0.39, 0.29) is 18.5 Å². The monoisotopic (exact) mass is 258 g/mol. The molecule has 2 aromatic rings. The Labute approximate surface area is 112 Å². The van der Waals surface area contributed by atoms with Gasteiger partial charge in [0.1, 0.15) is 19.2 Å². The van der Waals surface area contributed by atoms with Crippen LogP contribution < -0.4 is 5.32 Å². The summed E-state index contributed by atoms with van der Waals surface area (Å²) in [4.78, 5) is 15.6. The zero-order valence-corrected chi connectivity index (χ0v) is 11.2. The largest absolute Gasteiger partial charge is 0.348 e. The summed E-state index contributed by atoms with van der Waals surface area (Å²) in [5.41, 5.74) is 2.40. The Balaban J connectivity index is 1.92. The minimum Gasteiger partial charge on any atom is -0.348 e. The van der Waals surface area contributed by atoms with E-state index >= 15 is 0 Å². The van der Waals surface area contributed by atoms with Gasteiger partial charge in [0.15, 0.2) is 0 Å². The summed E-state index contributed by atoms with van der Waals surface area (Å²) < 4.78 is 1.50. The molecule has 19 heavy (non-hydrogen) atoms. The molecule has 1 amide bonds. The molecule has 0 aliphatic carbocycles. The molecule has 1 unspecified atom stereocenters. The minimum absolute atomic E-state index is 0.0121. The third kappa shape index (κ3) is 3.64. The second kappa shape index (κ2) is 6.13. The number of aryl methyl sites for hydroxylation is 1. The molecule has 0 saturated carbocycles. The van der Waals surface area contributed by atoms with Crippen LogP contribution in [0.5, 0.6) is 0 Å². The molecule has 0 fully saturated rings. The average molecular weight is 258 g/mol. The van der Waals surface area contributed by atoms with Crippen molar-refractivity contribution in [1.82, 2.24) is 20.1 Å². The number of amides is 1. The van der Waals surface area contributed by atoms with E-state index in [0.29, 0.717) is 0 Å². The normalized spacial score (nSPS) is 12.1. The molecule has 0 aliphatic heterocycles. The highest BCUT2D eigenvalue weighted by molar-refractivity contribution is 5.76. The van der Waals surface area contributed by atoms with Gasteiger partial charge in [-0.1, -0.05) is 31.2 Å². The SMILES string of the molecule is CCc1ccc(C(C)NC(=O)Cn2cncn2)cc1. The van der Waals surface area contributed by atoms with Gasteiger partial charge < -0.3 is 5.32 Å². The predicted octanol–water partition coefficient (Wildman–Crippen LogP) is 1.72. The molecular formula is C14H18N4O. The highest BCUT2D eigenvalue weighted by Crippen LogP contribution is 2.13. The number of nitrogens with zero attached hydrogens (tertiary/aromatic N) is 3. The van der Waals surface area contributed by atoms with Crippen LogP contribution in [0.15, 0.2) is 36.9 Å². The average Bonchev–Trinajstić information content (AvgIpc) is 2.91. The lowest BCUT2D eigenvalue weighted by Gasteiger charge is -2.14. The number of nitrogens with one attached hydrogen (secondary N) is 1. The van der Waals surface area contributed by atoms with Crippen molar-refractivity contribution < 1.29 is 4.79 Å². The Morgan fingerprint density at radius 3 is 2.68 bits per heavy atom. The van der Waals surface area contributed by atoms with Gasteiger partial charge in [0, 0.05) is 0 Å². The van der Waals surface area contributed by atoms with Gasteiger partial charge in [0.25, 0.3) is 0 Å². The Morgan fingerprint density at radius 1 is 1.37 bits per heavy atom. The number of carbonyl (C=O) groups is 1. The molecule has 1 heterocycles. The summed E-state index contributed by atoms with van der Waals surface area (Å²) in [5, 5.41) is 6.85. The highest BCUT2D eigenvalue weighted by atomic mass is 16.2. The van der Waals surface area contributed by atoms with E-state index < -0.39 is 0 Å². The topological polar surface area (TPSA) is 59.8 Å². The second-order valence-electron chi connectivity index (χ2n) is 4.48. The quantitative estimate of drug-likeness (QED) is 0.888. The Bertz CT molecular complexity index is 519. The van der Waals surface area contributed by atoms with Crippen molar-refractivity contribution in [3.8, 4) is 0 Å². The Morgan fingerprint density at radius 2 is 2.11 bits per heavy atom. The zero-order chi connectivity index (χ0) is 13.7. The highest BCUT2D eigenvalue weighted by Gasteiger charge is 2.10. The van der Waals surface area contributed by atoms with Gasteiger partial charge in [-0.05, 0) is 24.5 Å². The predicted molar refractivity (Wildman–Crippen MR) is 72.4 cm³/mol. The second-order valence-corrected chi connectivity index (χ2v) is 4.48. The minimum atomic E-state index is -0.0717. The maximum absolute atomic E-state index is 11.8. The van der Waals surface area contributed by atoms with Gasteiger partial charge >= 0.3 is 0 Å². The number of hydrogen-bond donors (Lipinski definition) is 1. The molecule has 1 aromatic heterocycles. The standard InChI is InChI=1S/C14H18N4O/c1-3-12-4-6-13(7-5-12)11(2)17-14(19)8-18-10-15-9-16-18/h4-7,9-11H,3,8H2,1-2H3,(H,17,19). The lowest BCUT2D eigenvalue weighted by molar-refractivity contribution is -0.122. The number of carbonyl (C=O) groups excluding carboxylic acids is 1. The molecule has 5 nitrogen and oxygen atoms in total. The van der Waals surface area contributed by atoms with Crippen LogP contribution in [0, 0.1) is 0 Å². The van der Waals surface area contributed by atoms with Crippen molar-refractivity contribution in [2.24, 2.45) is 0 Å². The summed E-state index contributed by atoms with van der Waals surface area (Å²) in [5.74, 6) is -0.0717. The first-order valence-corrected chi connectivity index (χ1v) is 6.39. The lowest BCUT2D eigenvalue weighted by Crippen LogP contribution is -2.30. The van der Waals surface area contributed by atoms with E-state index in [2.05, 4.69) is 46.6 Å². The molecule has 1 atom stereocenters. The first-order chi connectivity index (χ1) is 9.19. The molecule has 0 aliphatic rings. The summed E-state index contributed by atoms with van der Waals surface area (Å²) in [6, 6.07) is 8.28. The van der Waals surface area contributed by atoms with Gasteiger partial charge in [-0.15, -0.1) is 0 Å². The van der Waals surface area contributed by atoms with Gasteiger partial charge in [-0.3, -0.25) is 4.79 Å². The number of benzene rings is 1. The van der Waals surface area contributed by atoms with E-state index in [1.165, 1.54) is 22.9 Å². The van der Waals surface area contributed by atoms with Crippen molar-refractivity contribution >= 4 is 5.91 Å². The fourth-order valence-electron chi connectivity index (χ4n) is 1.87. The van der Waals surface area contributed by atoms with Crippen molar-refractivity contribution in [3.63, 3.8) is 0 Å². The third-order valence-corrected chi connectivity index (χ3v) is 3.04. The number of rotatable bonds is 5. The maximum Gasteiger partial charge on any atom is 0.242 e. The fourth-order valence-corrected chi connectivity index (χ4v) is 1.87. The molecule has 0 bridgehead atoms. The summed E-state index contributed by atoms with van der Waals surface area (Å²) in [7, 11) is 0. The van der Waals surface area contributed by atoms with Crippen molar-refractivity contribution in [2.45, 2.75) is 32.9 Å². The third-order valence-electron chi connectivity index (χ3n) is 3.04. The first-order valence-electron chi connectivity index (χ1n) is 6.39. The molecule has 0 radical (unpaired) electrons. The van der Waals surface area contributed by atoms with E-state index in [1.807, 2.05) is 6.92 Å². The van der Waals surface area contributed by atoms with Crippen LogP contribution in [-0.4, -0.2) is 20.7 Å². The molecule has 0 spiro atoms. The van der Waals surface area contributed by atoms with Gasteiger partial charge in [-0.2, -0.15) is 5.10 Å². The van der Waals surface area contributed by atoms with Crippen LogP contribution in [0.1, 0.15) is 31.0 Å². The molecular weight excluding hydrogens is 240 g/mol. The van der Waals surface area contributed by atoms with Crippen LogP contribution >= 0.6 is 0 Å². The molecule has 2 rings (SSSR count). The van der Waals surface area contributed by atoms with Crippen LogP contribution in [0.2, 0.25) is 0 Å². The van der Waals surface area contributed by atoms with Crippen LogP contribution in [0.3, 0.4) is 0 Å². The smallest absolute Gasteiger partial charge is 0.242 e. The Kier molecular flexibility index (Phi) is 4.28. The molecule has 100 valence electrons. The van der Waals surface area contributed by atoms with Crippen molar-refractivity contribution in [3.05, 3.63) is 48.0 Å². The zero-order valence-electron chi connectivity index (χ0n) is 11.2. The summed E-state index contributed by atoms with van der Waals surface area (Å²) in [6.07, 6.45) is 3.97. The van der Waals surface area contributed by atoms with Crippen LogP contribution in [0.4, 0.5) is 0 Å². The van der Waals surface area contributed by atoms with E-state index in [9.17, 15) is 4.79 Å². The summed E-state index contributed by atoms with van der Waals surface area (Å²) >= 11 is 0. The van der Waals surface area contributed by atoms with E-state index in [0.717, 1.165) is 12.0 Å². The molecule has 1 aromatic carbocycles. The fraction of sp³-hybridized carbons (Fsp3) is 0.357. The molecule has 1 N–H and O–H groups in total. The van der Waals surface area contributed by atoms with Gasteiger partial charge in [0.05, 0.1) is 6.04 Å². The van der Waals surface area contributed by atoms with E-state index in [1.54, 1.807) is 0 Å². The van der Waals surface area contributed by atoms with Gasteiger partial charge in [0.2, 0.25) is 5.91 Å². The van der Waals surface area contributed by atoms with E-state index in [4.69, 9.17) is 0 Å². The Hall–Kier alpha value is -2.17. The summed E-state index contributed by atoms with van der Waals surface area (Å²) in [6.45, 7) is 4.29. The van der Waals surface area contributed by atoms with Crippen molar-refractivity contribution in [1.29, 1.82) is 0 Å². The maximum atomic E-state index is 11.8. The number of aromatic nitrogens is 3. The number of hydrogen-bond acceptors (Lipinski definition) is 3. The van der Waals surface area contributed by atoms with Crippen LogP contribution in [-0.2, 0) is 17.8 Å². The molecule has 0 saturated heterocycles. The van der Waals surface area contributed by atoms with Crippen molar-refractivity contribution in [2.75, 3.05) is 0 Å². The molecule has 5 heteroatoms. The van der Waals surface area contributed by atoms with Crippen LogP contribution in [0.25, 0.3) is 0 Å². The van der Waals surface area contributed by atoms with Gasteiger partial charge in [-0.25, -0.2) is 9.67 Å². The lowest BCUT2D eigenvalue weighted by atomic mass is 10.1. The first kappa shape index (κ1) is 13.3.